The zero-order valence-electron chi connectivity index (χ0n) is 9.04. The Bertz CT molecular complexity index is 528. The fourth-order valence-corrected chi connectivity index (χ4v) is 2.71. The summed E-state index contributed by atoms with van der Waals surface area (Å²) in [7, 11) is 1.50. The number of halogens is 2. The lowest BCUT2D eigenvalue weighted by Gasteiger charge is -2.07. The van der Waals surface area contributed by atoms with Crippen LogP contribution in [0.5, 0.6) is 0 Å². The van der Waals surface area contributed by atoms with Gasteiger partial charge in [-0.2, -0.15) is 0 Å². The van der Waals surface area contributed by atoms with Crippen LogP contribution in [0.3, 0.4) is 0 Å². The van der Waals surface area contributed by atoms with Gasteiger partial charge in [-0.3, -0.25) is 4.79 Å². The van der Waals surface area contributed by atoms with E-state index < -0.39 is 9.05 Å². The first kappa shape index (κ1) is 14.3. The van der Waals surface area contributed by atoms with Gasteiger partial charge in [0.1, 0.15) is 0 Å². The number of nitrogens with one attached hydrogen (secondary N) is 1. The Kier molecular flexibility index (Phi) is 4.80. The fourth-order valence-electron chi connectivity index (χ4n) is 1.35. The molecule has 0 aliphatic carbocycles. The maximum absolute atomic E-state index is 11.3. The van der Waals surface area contributed by atoms with Gasteiger partial charge in [0.15, 0.2) is 0 Å². The van der Waals surface area contributed by atoms with Gasteiger partial charge in [-0.05, 0) is 30.2 Å². The van der Waals surface area contributed by atoms with Crippen molar-refractivity contribution < 1.29 is 13.2 Å². The van der Waals surface area contributed by atoms with Crippen molar-refractivity contribution in [2.45, 2.75) is 18.2 Å². The second-order valence-electron chi connectivity index (χ2n) is 3.42. The van der Waals surface area contributed by atoms with Crippen molar-refractivity contribution in [1.82, 2.24) is 5.32 Å². The summed E-state index contributed by atoms with van der Waals surface area (Å²) in [6.45, 7) is 1.71. The van der Waals surface area contributed by atoms with Gasteiger partial charge < -0.3 is 5.32 Å². The van der Waals surface area contributed by atoms with E-state index in [-0.39, 0.29) is 10.8 Å². The minimum absolute atomic E-state index is 0.0221. The molecule has 0 aliphatic rings. The summed E-state index contributed by atoms with van der Waals surface area (Å²) in [6.07, 6.45) is 0.349. The van der Waals surface area contributed by atoms with Gasteiger partial charge in [0, 0.05) is 29.2 Å². The standard InChI is InChI=1S/C10H11Cl2NO3S/c1-7(14)13-5-4-8-6-9(11)2-3-10(8)17(12,15)16/h2-3,6H,4-5H2,1H3,(H,13,14). The maximum atomic E-state index is 11.3. The van der Waals surface area contributed by atoms with Crippen molar-refractivity contribution in [3.63, 3.8) is 0 Å². The molecule has 0 saturated heterocycles. The zero-order valence-corrected chi connectivity index (χ0v) is 11.4. The summed E-state index contributed by atoms with van der Waals surface area (Å²) in [5.41, 5.74) is 0.487. The number of amides is 1. The first-order valence-electron chi connectivity index (χ1n) is 4.78. The van der Waals surface area contributed by atoms with Crippen LogP contribution >= 0.6 is 22.3 Å². The van der Waals surface area contributed by atoms with E-state index in [1.807, 2.05) is 0 Å². The first-order chi connectivity index (χ1) is 7.80. The second-order valence-corrected chi connectivity index (χ2v) is 6.39. The van der Waals surface area contributed by atoms with Crippen molar-refractivity contribution in [2.24, 2.45) is 0 Å². The highest BCUT2D eigenvalue weighted by molar-refractivity contribution is 8.13. The van der Waals surface area contributed by atoms with Crippen molar-refractivity contribution in [1.29, 1.82) is 0 Å². The highest BCUT2D eigenvalue weighted by Crippen LogP contribution is 2.23. The number of hydrogen-bond donors (Lipinski definition) is 1. The van der Waals surface area contributed by atoms with Crippen LogP contribution in [0.4, 0.5) is 0 Å². The predicted molar refractivity (Wildman–Crippen MR) is 66.9 cm³/mol. The van der Waals surface area contributed by atoms with Crippen molar-refractivity contribution in [3.8, 4) is 0 Å². The molecule has 4 nitrogen and oxygen atoms in total. The molecule has 0 spiro atoms. The van der Waals surface area contributed by atoms with Crippen molar-refractivity contribution in [2.75, 3.05) is 6.54 Å². The molecule has 1 amide bonds. The third-order valence-electron chi connectivity index (χ3n) is 2.05. The van der Waals surface area contributed by atoms with E-state index in [4.69, 9.17) is 22.3 Å². The van der Waals surface area contributed by atoms with Gasteiger partial charge >= 0.3 is 0 Å². The topological polar surface area (TPSA) is 63.2 Å². The number of benzene rings is 1. The Morgan fingerprint density at radius 1 is 1.41 bits per heavy atom. The molecular formula is C10H11Cl2NO3S. The Balaban J connectivity index is 2.96. The minimum Gasteiger partial charge on any atom is -0.356 e. The molecule has 0 atom stereocenters. The van der Waals surface area contributed by atoms with Gasteiger partial charge in [-0.15, -0.1) is 0 Å². The molecule has 0 aromatic heterocycles. The third kappa shape index (κ3) is 4.53. The van der Waals surface area contributed by atoms with E-state index in [0.29, 0.717) is 23.6 Å². The Hall–Kier alpha value is -0.780. The molecule has 0 aliphatic heterocycles. The number of hydrogen-bond acceptors (Lipinski definition) is 3. The van der Waals surface area contributed by atoms with Crippen molar-refractivity contribution in [3.05, 3.63) is 28.8 Å². The van der Waals surface area contributed by atoms with Gasteiger partial charge in [0.2, 0.25) is 5.91 Å². The normalized spacial score (nSPS) is 11.2. The predicted octanol–water partition coefficient (Wildman–Crippen LogP) is 1.95. The quantitative estimate of drug-likeness (QED) is 0.864. The molecule has 1 N–H and O–H groups in total. The highest BCUT2D eigenvalue weighted by atomic mass is 35.7. The molecule has 1 rings (SSSR count). The average Bonchev–Trinajstić information content (AvgIpc) is 2.15. The molecule has 0 bridgehead atoms. The van der Waals surface area contributed by atoms with Gasteiger partial charge in [0.25, 0.3) is 9.05 Å². The minimum atomic E-state index is -3.80. The molecule has 0 saturated carbocycles. The van der Waals surface area contributed by atoms with Crippen LogP contribution in [-0.2, 0) is 20.3 Å². The van der Waals surface area contributed by atoms with Crippen LogP contribution in [0.25, 0.3) is 0 Å². The monoisotopic (exact) mass is 295 g/mol. The van der Waals surface area contributed by atoms with Gasteiger partial charge in [0.05, 0.1) is 4.90 Å². The Labute approximate surface area is 109 Å². The van der Waals surface area contributed by atoms with Crippen LogP contribution < -0.4 is 5.32 Å². The summed E-state index contributed by atoms with van der Waals surface area (Å²) in [5, 5.41) is 3.00. The highest BCUT2D eigenvalue weighted by Gasteiger charge is 2.15. The van der Waals surface area contributed by atoms with E-state index in [2.05, 4.69) is 5.32 Å². The van der Waals surface area contributed by atoms with E-state index >= 15 is 0 Å². The van der Waals surface area contributed by atoms with E-state index in [9.17, 15) is 13.2 Å². The molecule has 0 fully saturated rings. The van der Waals surface area contributed by atoms with Crippen molar-refractivity contribution >= 4 is 37.2 Å². The molecule has 0 heterocycles. The number of rotatable bonds is 4. The van der Waals surface area contributed by atoms with Crippen LogP contribution in [0, 0.1) is 0 Å². The lowest BCUT2D eigenvalue weighted by atomic mass is 10.1. The number of carbonyl (C=O) groups is 1. The number of carbonyl (C=O) groups excluding carboxylic acids is 1. The molecule has 94 valence electrons. The SMILES string of the molecule is CC(=O)NCCc1cc(Cl)ccc1S(=O)(=O)Cl. The van der Waals surface area contributed by atoms with E-state index in [1.165, 1.54) is 25.1 Å². The summed E-state index contributed by atoms with van der Waals surface area (Å²) < 4.78 is 22.6. The maximum Gasteiger partial charge on any atom is 0.261 e. The lowest BCUT2D eigenvalue weighted by Crippen LogP contribution is -2.22. The van der Waals surface area contributed by atoms with E-state index in [0.717, 1.165) is 0 Å². The second kappa shape index (κ2) is 5.71. The third-order valence-corrected chi connectivity index (χ3v) is 3.71. The Morgan fingerprint density at radius 3 is 2.59 bits per heavy atom. The van der Waals surface area contributed by atoms with Crippen LogP contribution in [0.1, 0.15) is 12.5 Å². The molecular weight excluding hydrogens is 285 g/mol. The van der Waals surface area contributed by atoms with Gasteiger partial charge in [-0.25, -0.2) is 8.42 Å². The summed E-state index contributed by atoms with van der Waals surface area (Å²) >= 11 is 5.78. The Morgan fingerprint density at radius 2 is 2.06 bits per heavy atom. The van der Waals surface area contributed by atoms with Gasteiger partial charge in [-0.1, -0.05) is 11.6 Å². The largest absolute Gasteiger partial charge is 0.356 e. The molecule has 7 heteroatoms. The smallest absolute Gasteiger partial charge is 0.261 e. The van der Waals surface area contributed by atoms with Crippen LogP contribution in [0.15, 0.2) is 23.1 Å². The molecule has 17 heavy (non-hydrogen) atoms. The summed E-state index contributed by atoms with van der Waals surface area (Å²) in [4.78, 5) is 10.7. The summed E-state index contributed by atoms with van der Waals surface area (Å²) in [5.74, 6) is -0.178. The zero-order chi connectivity index (χ0) is 13.1. The molecule has 0 radical (unpaired) electrons. The van der Waals surface area contributed by atoms with Crippen LogP contribution in [0.2, 0.25) is 5.02 Å². The lowest BCUT2D eigenvalue weighted by molar-refractivity contribution is -0.118. The molecule has 0 unspecified atom stereocenters. The van der Waals surface area contributed by atoms with E-state index in [1.54, 1.807) is 0 Å². The first-order valence-corrected chi connectivity index (χ1v) is 7.47. The molecule has 1 aromatic rings. The average molecular weight is 296 g/mol. The summed E-state index contributed by atoms with van der Waals surface area (Å²) in [6, 6.07) is 4.34. The molecule has 1 aromatic carbocycles. The fraction of sp³-hybridized carbons (Fsp3) is 0.300. The van der Waals surface area contributed by atoms with Crippen LogP contribution in [-0.4, -0.2) is 20.9 Å².